The van der Waals surface area contributed by atoms with Gasteiger partial charge in [0.2, 0.25) is 6.33 Å². The van der Waals surface area contributed by atoms with E-state index in [-0.39, 0.29) is 10.6 Å². The molecule has 26 heavy (non-hydrogen) atoms. The van der Waals surface area contributed by atoms with E-state index in [4.69, 9.17) is 0 Å². The molecular weight excluding hydrogens is 326 g/mol. The topological polar surface area (TPSA) is 52.0 Å². The number of hydrogen-bond acceptors (Lipinski definition) is 2. The Bertz CT molecular complexity index is 1050. The number of aromatic nitrogens is 2. The van der Waals surface area contributed by atoms with E-state index < -0.39 is 0 Å². The molecule has 0 aliphatic rings. The lowest BCUT2D eigenvalue weighted by molar-refractivity contribution is -0.663. The summed E-state index contributed by atoms with van der Waals surface area (Å²) in [6.07, 6.45) is 2.11. The van der Waals surface area contributed by atoms with Gasteiger partial charge in [-0.05, 0) is 35.4 Å². The first-order valence-corrected chi connectivity index (χ1v) is 8.45. The van der Waals surface area contributed by atoms with Crippen LogP contribution in [-0.2, 0) is 13.1 Å². The molecular formula is C21H18N3O2+. The molecule has 0 amide bonds. The maximum absolute atomic E-state index is 10.8. The number of nitro benzene ring substituents is 1. The van der Waals surface area contributed by atoms with E-state index in [2.05, 4.69) is 39.7 Å². The van der Waals surface area contributed by atoms with Crippen LogP contribution >= 0.6 is 0 Å². The Balaban J connectivity index is 1.68. The first-order chi connectivity index (χ1) is 12.7. The van der Waals surface area contributed by atoms with Gasteiger partial charge in [-0.25, -0.2) is 9.13 Å². The maximum atomic E-state index is 10.8. The van der Waals surface area contributed by atoms with E-state index in [1.807, 2.05) is 42.5 Å². The Morgan fingerprint density at radius 3 is 2.27 bits per heavy atom. The third kappa shape index (κ3) is 3.19. The van der Waals surface area contributed by atoms with E-state index in [9.17, 15) is 10.1 Å². The predicted molar refractivity (Wildman–Crippen MR) is 99.9 cm³/mol. The molecule has 0 bridgehead atoms. The van der Waals surface area contributed by atoms with Crippen molar-refractivity contribution in [1.29, 1.82) is 0 Å². The summed E-state index contributed by atoms with van der Waals surface area (Å²) in [4.78, 5) is 10.4. The molecule has 0 aliphatic carbocycles. The van der Waals surface area contributed by atoms with Crippen molar-refractivity contribution in [2.45, 2.75) is 13.1 Å². The Morgan fingerprint density at radius 1 is 0.846 bits per heavy atom. The largest absolute Gasteiger partial charge is 0.269 e. The number of nitro groups is 1. The van der Waals surface area contributed by atoms with Gasteiger partial charge < -0.3 is 0 Å². The van der Waals surface area contributed by atoms with Gasteiger partial charge in [-0.3, -0.25) is 10.1 Å². The second-order valence-electron chi connectivity index (χ2n) is 6.27. The average Bonchev–Trinajstić information content (AvgIpc) is 3.01. The van der Waals surface area contributed by atoms with E-state index in [0.717, 1.165) is 17.6 Å². The van der Waals surface area contributed by atoms with Crippen LogP contribution in [0.25, 0.3) is 11.0 Å². The Kier molecular flexibility index (Phi) is 4.19. The van der Waals surface area contributed by atoms with Crippen LogP contribution in [0.3, 0.4) is 0 Å². The minimum atomic E-state index is -0.372. The number of imidazole rings is 1. The molecule has 0 radical (unpaired) electrons. The average molecular weight is 344 g/mol. The van der Waals surface area contributed by atoms with Crippen molar-refractivity contribution in [3.05, 3.63) is 106 Å². The van der Waals surface area contributed by atoms with Gasteiger partial charge in [-0.15, -0.1) is 0 Å². The fourth-order valence-corrected chi connectivity index (χ4v) is 3.19. The summed E-state index contributed by atoms with van der Waals surface area (Å²) in [6.45, 7) is 1.47. The highest BCUT2D eigenvalue weighted by Crippen LogP contribution is 2.16. The van der Waals surface area contributed by atoms with Crippen molar-refractivity contribution in [2.24, 2.45) is 0 Å². The highest BCUT2D eigenvalue weighted by Gasteiger charge is 2.16. The van der Waals surface area contributed by atoms with Crippen molar-refractivity contribution >= 4 is 16.7 Å². The Labute approximate surface area is 150 Å². The van der Waals surface area contributed by atoms with E-state index in [1.165, 1.54) is 11.1 Å². The number of nitrogens with zero attached hydrogens (tertiary/aromatic N) is 3. The molecule has 0 atom stereocenters. The van der Waals surface area contributed by atoms with Gasteiger partial charge in [0.05, 0.1) is 4.92 Å². The number of benzene rings is 3. The van der Waals surface area contributed by atoms with Gasteiger partial charge in [0.1, 0.15) is 13.1 Å². The molecule has 0 fully saturated rings. The zero-order valence-corrected chi connectivity index (χ0v) is 14.2. The van der Waals surface area contributed by atoms with Gasteiger partial charge in [-0.2, -0.15) is 0 Å². The van der Waals surface area contributed by atoms with Crippen LogP contribution in [0.5, 0.6) is 0 Å². The summed E-state index contributed by atoms with van der Waals surface area (Å²) in [5.74, 6) is 0. The van der Waals surface area contributed by atoms with E-state index >= 15 is 0 Å². The summed E-state index contributed by atoms with van der Waals surface area (Å²) in [6, 6.07) is 25.4. The molecule has 0 aliphatic heterocycles. The summed E-state index contributed by atoms with van der Waals surface area (Å²) in [5.41, 5.74) is 4.70. The maximum Gasteiger partial charge on any atom is 0.269 e. The number of non-ortho nitro benzene ring substituents is 1. The first-order valence-electron chi connectivity index (χ1n) is 8.45. The van der Waals surface area contributed by atoms with Crippen molar-refractivity contribution in [2.75, 3.05) is 0 Å². The van der Waals surface area contributed by atoms with Crippen LogP contribution in [0.4, 0.5) is 5.69 Å². The molecule has 5 heteroatoms. The highest BCUT2D eigenvalue weighted by atomic mass is 16.6. The lowest BCUT2D eigenvalue weighted by atomic mass is 10.2. The smallest absolute Gasteiger partial charge is 0.258 e. The van der Waals surface area contributed by atoms with Gasteiger partial charge in [0.15, 0.2) is 11.0 Å². The molecule has 0 saturated carbocycles. The van der Waals surface area contributed by atoms with Crippen molar-refractivity contribution in [3.8, 4) is 0 Å². The highest BCUT2D eigenvalue weighted by molar-refractivity contribution is 5.71. The quantitative estimate of drug-likeness (QED) is 0.313. The number of hydrogen-bond donors (Lipinski definition) is 0. The van der Waals surface area contributed by atoms with E-state index in [0.29, 0.717) is 6.54 Å². The van der Waals surface area contributed by atoms with Crippen LogP contribution in [0.15, 0.2) is 85.2 Å². The van der Waals surface area contributed by atoms with Crippen LogP contribution in [0.2, 0.25) is 0 Å². The molecule has 4 aromatic rings. The second kappa shape index (κ2) is 6.80. The first kappa shape index (κ1) is 16.0. The zero-order chi connectivity index (χ0) is 17.9. The standard InChI is InChI=1S/C21H18N3O2/c25-24(26)19-12-10-18(11-13-19)15-23-16-22(14-17-6-2-1-3-7-17)20-8-4-5-9-21(20)23/h1-13,16H,14-15H2/q+1. The fourth-order valence-electron chi connectivity index (χ4n) is 3.19. The number of fused-ring (bicyclic) bond motifs is 1. The van der Waals surface area contributed by atoms with Gasteiger partial charge in [0, 0.05) is 12.1 Å². The van der Waals surface area contributed by atoms with Crippen LogP contribution in [-0.4, -0.2) is 9.49 Å². The SMILES string of the molecule is O=[N+]([O-])c1ccc(Cn2c[n+](Cc3ccccc3)c3ccccc32)cc1. The molecule has 0 saturated heterocycles. The van der Waals surface area contributed by atoms with Crippen molar-refractivity contribution in [1.82, 2.24) is 4.57 Å². The lowest BCUT2D eigenvalue weighted by Crippen LogP contribution is -2.32. The molecule has 0 N–H and O–H groups in total. The van der Waals surface area contributed by atoms with Crippen LogP contribution in [0.1, 0.15) is 11.1 Å². The minimum absolute atomic E-state index is 0.116. The lowest BCUT2D eigenvalue weighted by Gasteiger charge is -1.99. The van der Waals surface area contributed by atoms with Crippen LogP contribution < -0.4 is 4.57 Å². The van der Waals surface area contributed by atoms with Crippen molar-refractivity contribution in [3.63, 3.8) is 0 Å². The summed E-state index contributed by atoms with van der Waals surface area (Å²) >= 11 is 0. The molecule has 1 aromatic heterocycles. The monoisotopic (exact) mass is 344 g/mol. The second-order valence-corrected chi connectivity index (χ2v) is 6.27. The molecule has 5 nitrogen and oxygen atoms in total. The molecule has 0 unspecified atom stereocenters. The van der Waals surface area contributed by atoms with Gasteiger partial charge >= 0.3 is 0 Å². The summed E-state index contributed by atoms with van der Waals surface area (Å²) in [5, 5.41) is 10.8. The third-order valence-electron chi connectivity index (χ3n) is 4.48. The predicted octanol–water partition coefficient (Wildman–Crippen LogP) is 3.93. The van der Waals surface area contributed by atoms with Gasteiger partial charge in [-0.1, -0.05) is 42.5 Å². The minimum Gasteiger partial charge on any atom is -0.258 e. The van der Waals surface area contributed by atoms with Gasteiger partial charge in [0.25, 0.3) is 5.69 Å². The molecule has 3 aromatic carbocycles. The Morgan fingerprint density at radius 2 is 1.54 bits per heavy atom. The summed E-state index contributed by atoms with van der Waals surface area (Å²) in [7, 11) is 0. The Hall–Kier alpha value is -3.47. The molecule has 1 heterocycles. The number of rotatable bonds is 5. The fraction of sp³-hybridized carbons (Fsp3) is 0.0952. The zero-order valence-electron chi connectivity index (χ0n) is 14.2. The van der Waals surface area contributed by atoms with E-state index in [1.54, 1.807) is 12.1 Å². The number of para-hydroxylation sites is 2. The molecule has 0 spiro atoms. The third-order valence-corrected chi connectivity index (χ3v) is 4.48. The van der Waals surface area contributed by atoms with Crippen molar-refractivity contribution < 1.29 is 9.49 Å². The molecule has 128 valence electrons. The van der Waals surface area contributed by atoms with Crippen LogP contribution in [0, 0.1) is 10.1 Å². The summed E-state index contributed by atoms with van der Waals surface area (Å²) < 4.78 is 4.41. The molecule has 4 rings (SSSR count). The normalized spacial score (nSPS) is 10.9.